The van der Waals surface area contributed by atoms with E-state index < -0.39 is 0 Å². The van der Waals surface area contributed by atoms with E-state index in [1.807, 2.05) is 60.7 Å². The van der Waals surface area contributed by atoms with Gasteiger partial charge in [0.1, 0.15) is 23.4 Å². The molecule has 0 aliphatic heterocycles. The number of hydrogen-bond donors (Lipinski definition) is 1. The molecule has 0 unspecified atom stereocenters. The maximum absolute atomic E-state index is 6.23. The van der Waals surface area contributed by atoms with E-state index in [1.165, 1.54) is 11.9 Å². The molecule has 6 nitrogen and oxygen atoms in total. The lowest BCUT2D eigenvalue weighted by Gasteiger charge is -2.08. The number of hydrogen-bond acceptors (Lipinski definition) is 6. The average molecular weight is 422 g/mol. The van der Waals surface area contributed by atoms with E-state index in [2.05, 4.69) is 34.5 Å². The Kier molecular flexibility index (Phi) is 5.25. The molecule has 2 heterocycles. The highest BCUT2D eigenvalue weighted by molar-refractivity contribution is 5.88. The second-order valence-electron chi connectivity index (χ2n) is 7.37. The van der Waals surface area contributed by atoms with Crippen LogP contribution in [0.4, 0.5) is 5.82 Å². The van der Waals surface area contributed by atoms with Crippen molar-refractivity contribution in [3.8, 4) is 17.1 Å². The lowest BCUT2D eigenvalue weighted by atomic mass is 10.1. The van der Waals surface area contributed by atoms with Gasteiger partial charge in [0, 0.05) is 22.4 Å². The number of para-hydroxylation sites is 1. The molecule has 0 fully saturated rings. The largest absolute Gasteiger partial charge is 0.497 e. The van der Waals surface area contributed by atoms with Gasteiger partial charge in [0.25, 0.3) is 0 Å². The normalized spacial score (nSPS) is 11.8. The Morgan fingerprint density at radius 2 is 1.78 bits per heavy atom. The molecule has 158 valence electrons. The summed E-state index contributed by atoms with van der Waals surface area (Å²) in [6.45, 7) is 2.13. The van der Waals surface area contributed by atoms with Crippen LogP contribution in [0, 0.1) is 0 Å². The van der Waals surface area contributed by atoms with Gasteiger partial charge in [-0.2, -0.15) is 5.10 Å². The predicted molar refractivity (Wildman–Crippen MR) is 126 cm³/mol. The van der Waals surface area contributed by atoms with E-state index in [-0.39, 0.29) is 0 Å². The Morgan fingerprint density at radius 3 is 2.59 bits per heavy atom. The van der Waals surface area contributed by atoms with Gasteiger partial charge in [0.2, 0.25) is 0 Å². The Balaban J connectivity index is 1.66. The minimum atomic E-state index is 0.655. The number of methoxy groups -OCH3 is 1. The highest BCUT2D eigenvalue weighted by atomic mass is 16.5. The summed E-state index contributed by atoms with van der Waals surface area (Å²) in [4.78, 5) is 8.70. The number of benzene rings is 3. The molecule has 0 aliphatic rings. The first kappa shape index (κ1) is 19.8. The fraction of sp³-hybridized carbons (Fsp3) is 0.115. The number of fused-ring (bicyclic) bond motifs is 2. The van der Waals surface area contributed by atoms with Crippen molar-refractivity contribution in [3.05, 3.63) is 90.0 Å². The first-order valence-corrected chi connectivity index (χ1v) is 10.5. The molecule has 0 aliphatic carbocycles. The fourth-order valence-electron chi connectivity index (χ4n) is 3.63. The lowest BCUT2D eigenvalue weighted by molar-refractivity contribution is 0.415. The minimum Gasteiger partial charge on any atom is -0.497 e. The van der Waals surface area contributed by atoms with Gasteiger partial charge in [-0.1, -0.05) is 25.1 Å². The highest BCUT2D eigenvalue weighted by Crippen LogP contribution is 2.25. The van der Waals surface area contributed by atoms with Crippen molar-refractivity contribution in [1.82, 2.24) is 9.97 Å². The van der Waals surface area contributed by atoms with Crippen molar-refractivity contribution in [2.24, 2.45) is 5.10 Å². The quantitative estimate of drug-likeness (QED) is 0.376. The van der Waals surface area contributed by atoms with Crippen LogP contribution >= 0.6 is 0 Å². The van der Waals surface area contributed by atoms with Gasteiger partial charge >= 0.3 is 0 Å². The Hall–Kier alpha value is -4.19. The minimum absolute atomic E-state index is 0.655. The number of aromatic nitrogens is 2. The standard InChI is InChI=1S/C26H22N4O2/c1-3-17-8-13-24-21(14-17)23(15-25(32-24)18-9-11-19(31-2)12-10-18)29-30-26-20-6-4-5-7-22(20)27-16-28-26/h4-16H,3H2,1-2H3,(H,27,28,30). The van der Waals surface area contributed by atoms with Gasteiger partial charge in [-0.3, -0.25) is 5.43 Å². The van der Waals surface area contributed by atoms with Gasteiger partial charge in [0.15, 0.2) is 5.82 Å². The summed E-state index contributed by atoms with van der Waals surface area (Å²) in [5.74, 6) is 2.17. The van der Waals surface area contributed by atoms with Gasteiger partial charge in [-0.15, -0.1) is 0 Å². The third kappa shape index (κ3) is 3.78. The number of aryl methyl sites for hydroxylation is 1. The summed E-state index contributed by atoms with van der Waals surface area (Å²) in [5, 5.41) is 7.35. The first-order valence-electron chi connectivity index (χ1n) is 10.5. The van der Waals surface area contributed by atoms with Crippen molar-refractivity contribution in [2.45, 2.75) is 13.3 Å². The fourth-order valence-corrected chi connectivity index (χ4v) is 3.63. The third-order valence-electron chi connectivity index (χ3n) is 5.42. The topological polar surface area (TPSA) is 72.5 Å². The second-order valence-corrected chi connectivity index (χ2v) is 7.37. The summed E-state index contributed by atoms with van der Waals surface area (Å²) in [7, 11) is 1.65. The molecule has 0 bridgehead atoms. The second kappa shape index (κ2) is 8.51. The number of rotatable bonds is 5. The molecule has 0 saturated heterocycles. The molecular formula is C26H22N4O2. The average Bonchev–Trinajstić information content (AvgIpc) is 2.86. The van der Waals surface area contributed by atoms with Crippen LogP contribution in [0.25, 0.3) is 33.2 Å². The van der Waals surface area contributed by atoms with Crippen molar-refractivity contribution < 1.29 is 9.15 Å². The highest BCUT2D eigenvalue weighted by Gasteiger charge is 2.08. The molecule has 2 aromatic heterocycles. The van der Waals surface area contributed by atoms with E-state index in [4.69, 9.17) is 14.3 Å². The van der Waals surface area contributed by atoms with Crippen molar-refractivity contribution in [2.75, 3.05) is 12.5 Å². The molecule has 3 aromatic carbocycles. The van der Waals surface area contributed by atoms with E-state index in [1.54, 1.807) is 7.11 Å². The zero-order chi connectivity index (χ0) is 21.9. The van der Waals surface area contributed by atoms with Crippen LogP contribution in [-0.4, -0.2) is 17.1 Å². The molecule has 0 saturated carbocycles. The van der Waals surface area contributed by atoms with Crippen LogP contribution in [0.1, 0.15) is 12.5 Å². The Labute approximate surface area is 185 Å². The predicted octanol–water partition coefficient (Wildman–Crippen LogP) is 5.54. The monoisotopic (exact) mass is 422 g/mol. The van der Waals surface area contributed by atoms with Crippen LogP contribution in [0.5, 0.6) is 5.75 Å². The molecule has 32 heavy (non-hydrogen) atoms. The lowest BCUT2D eigenvalue weighted by Crippen LogP contribution is -2.08. The first-order chi connectivity index (χ1) is 15.7. The number of anilines is 1. The van der Waals surface area contributed by atoms with Gasteiger partial charge in [0.05, 0.1) is 18.0 Å². The number of nitrogens with one attached hydrogen (secondary N) is 1. The van der Waals surface area contributed by atoms with Crippen LogP contribution in [0.15, 0.2) is 88.6 Å². The number of nitrogens with zero attached hydrogens (tertiary/aromatic N) is 3. The molecule has 6 heteroatoms. The molecule has 0 amide bonds. The van der Waals surface area contributed by atoms with Crippen LogP contribution in [0.2, 0.25) is 0 Å². The molecule has 5 rings (SSSR count). The van der Waals surface area contributed by atoms with Crippen LogP contribution in [0.3, 0.4) is 0 Å². The van der Waals surface area contributed by atoms with Crippen molar-refractivity contribution in [1.29, 1.82) is 0 Å². The zero-order valence-corrected chi connectivity index (χ0v) is 17.9. The molecule has 0 radical (unpaired) electrons. The smallest absolute Gasteiger partial charge is 0.157 e. The maximum Gasteiger partial charge on any atom is 0.157 e. The van der Waals surface area contributed by atoms with Crippen LogP contribution < -0.4 is 15.5 Å². The molecular weight excluding hydrogens is 400 g/mol. The zero-order valence-electron chi connectivity index (χ0n) is 17.9. The van der Waals surface area contributed by atoms with Gasteiger partial charge in [-0.05, 0) is 60.5 Å². The Bertz CT molecular complexity index is 1470. The molecule has 0 spiro atoms. The molecule has 5 aromatic rings. The molecule has 0 atom stereocenters. The van der Waals surface area contributed by atoms with E-state index >= 15 is 0 Å². The van der Waals surface area contributed by atoms with Crippen molar-refractivity contribution >= 4 is 27.7 Å². The van der Waals surface area contributed by atoms with Crippen molar-refractivity contribution in [3.63, 3.8) is 0 Å². The summed E-state index contributed by atoms with van der Waals surface area (Å²) >= 11 is 0. The van der Waals surface area contributed by atoms with Gasteiger partial charge < -0.3 is 9.15 Å². The Morgan fingerprint density at radius 1 is 0.938 bits per heavy atom. The maximum atomic E-state index is 6.23. The third-order valence-corrected chi connectivity index (χ3v) is 5.42. The van der Waals surface area contributed by atoms with E-state index in [0.717, 1.165) is 50.7 Å². The molecule has 1 N–H and O–H groups in total. The SMILES string of the molecule is CCc1ccc2oc(-c3ccc(OC)cc3)cc(=NNc3ncnc4ccccc34)c2c1. The van der Waals surface area contributed by atoms with E-state index in [0.29, 0.717) is 5.82 Å². The number of ether oxygens (including phenoxy) is 1. The van der Waals surface area contributed by atoms with Gasteiger partial charge in [-0.25, -0.2) is 9.97 Å². The summed E-state index contributed by atoms with van der Waals surface area (Å²) < 4.78 is 11.5. The summed E-state index contributed by atoms with van der Waals surface area (Å²) in [6.07, 6.45) is 2.47. The summed E-state index contributed by atoms with van der Waals surface area (Å²) in [5.41, 5.74) is 6.93. The summed E-state index contributed by atoms with van der Waals surface area (Å²) in [6, 6.07) is 23.8. The van der Waals surface area contributed by atoms with E-state index in [9.17, 15) is 0 Å². The van der Waals surface area contributed by atoms with Crippen LogP contribution in [-0.2, 0) is 6.42 Å².